The topological polar surface area (TPSA) is 20.3 Å². The zero-order chi connectivity index (χ0) is 11.9. The molecule has 1 aliphatic carbocycles. The Bertz CT molecular complexity index is 438. The first-order valence-electron chi connectivity index (χ1n) is 6.55. The molecule has 0 bridgehead atoms. The average molecular weight is 229 g/mol. The van der Waals surface area contributed by atoms with Crippen molar-refractivity contribution in [1.82, 2.24) is 0 Å². The Kier molecular flexibility index (Phi) is 2.46. The van der Waals surface area contributed by atoms with Crippen molar-refractivity contribution in [3.8, 4) is 0 Å². The zero-order valence-corrected chi connectivity index (χ0v) is 10.4. The molecule has 90 valence electrons. The quantitative estimate of drug-likeness (QED) is 0.725. The van der Waals surface area contributed by atoms with E-state index >= 15 is 0 Å². The monoisotopic (exact) mass is 229 g/mol. The molecule has 0 aromatic heterocycles. The highest BCUT2D eigenvalue weighted by molar-refractivity contribution is 5.95. The van der Waals surface area contributed by atoms with Gasteiger partial charge in [-0.05, 0) is 31.9 Å². The third-order valence-electron chi connectivity index (χ3n) is 4.33. The van der Waals surface area contributed by atoms with E-state index in [0.29, 0.717) is 5.41 Å². The number of hydrogen-bond donors (Lipinski definition) is 0. The van der Waals surface area contributed by atoms with Gasteiger partial charge in [-0.1, -0.05) is 25.0 Å². The van der Waals surface area contributed by atoms with Gasteiger partial charge in [0.25, 0.3) is 0 Å². The molecule has 1 heterocycles. The van der Waals surface area contributed by atoms with E-state index in [2.05, 4.69) is 11.0 Å². The maximum atomic E-state index is 11.4. The lowest BCUT2D eigenvalue weighted by Gasteiger charge is -2.49. The van der Waals surface area contributed by atoms with E-state index in [1.54, 1.807) is 6.92 Å². The van der Waals surface area contributed by atoms with E-state index in [0.717, 1.165) is 5.56 Å². The molecule has 0 atom stereocenters. The summed E-state index contributed by atoms with van der Waals surface area (Å²) in [6.07, 6.45) is 5.61. The van der Waals surface area contributed by atoms with Gasteiger partial charge in [0.05, 0.1) is 0 Å². The molecule has 0 N–H and O–H groups in total. The second kappa shape index (κ2) is 3.86. The maximum absolute atomic E-state index is 11.4. The molecule has 1 aromatic rings. The summed E-state index contributed by atoms with van der Waals surface area (Å²) in [5.41, 5.74) is 2.66. The summed E-state index contributed by atoms with van der Waals surface area (Å²) < 4.78 is 0. The van der Waals surface area contributed by atoms with Crippen LogP contribution >= 0.6 is 0 Å². The van der Waals surface area contributed by atoms with Crippen molar-refractivity contribution in [2.24, 2.45) is 5.41 Å². The Hall–Kier alpha value is -1.31. The van der Waals surface area contributed by atoms with Crippen LogP contribution in [0, 0.1) is 5.41 Å². The Morgan fingerprint density at radius 1 is 1.24 bits per heavy atom. The van der Waals surface area contributed by atoms with Crippen LogP contribution in [0.3, 0.4) is 0 Å². The lowest BCUT2D eigenvalue weighted by molar-refractivity contribution is 0.101. The smallest absolute Gasteiger partial charge is 0.159 e. The maximum Gasteiger partial charge on any atom is 0.159 e. The van der Waals surface area contributed by atoms with Crippen molar-refractivity contribution in [1.29, 1.82) is 0 Å². The highest BCUT2D eigenvalue weighted by Gasteiger charge is 2.44. The standard InChI is InChI=1S/C15H19NO/c1-12(17)13-5-4-6-14(9-13)16-10-15(11-16)7-2-3-8-15/h4-6,9H,2-3,7-8,10-11H2,1H3. The zero-order valence-electron chi connectivity index (χ0n) is 10.4. The summed E-state index contributed by atoms with van der Waals surface area (Å²) in [6.45, 7) is 4.01. The van der Waals surface area contributed by atoms with Crippen molar-refractivity contribution in [3.63, 3.8) is 0 Å². The minimum atomic E-state index is 0.156. The van der Waals surface area contributed by atoms with Crippen molar-refractivity contribution >= 4 is 11.5 Å². The fraction of sp³-hybridized carbons (Fsp3) is 0.533. The van der Waals surface area contributed by atoms with Gasteiger partial charge in [-0.25, -0.2) is 0 Å². The van der Waals surface area contributed by atoms with Crippen molar-refractivity contribution in [2.45, 2.75) is 32.6 Å². The summed E-state index contributed by atoms with van der Waals surface area (Å²) in [4.78, 5) is 13.8. The largest absolute Gasteiger partial charge is 0.370 e. The van der Waals surface area contributed by atoms with Gasteiger partial charge in [-0.2, -0.15) is 0 Å². The SMILES string of the molecule is CC(=O)c1cccc(N2CC3(CCCC3)C2)c1. The Labute approximate surface area is 103 Å². The van der Waals surface area contributed by atoms with E-state index in [1.807, 2.05) is 18.2 Å². The lowest BCUT2D eigenvalue weighted by atomic mass is 9.78. The molecule has 2 aliphatic rings. The predicted molar refractivity (Wildman–Crippen MR) is 69.6 cm³/mol. The lowest BCUT2D eigenvalue weighted by Crippen LogP contribution is -2.55. The molecule has 2 nitrogen and oxygen atoms in total. The fourth-order valence-electron chi connectivity index (χ4n) is 3.31. The number of benzene rings is 1. The second-order valence-electron chi connectivity index (χ2n) is 5.67. The first-order chi connectivity index (χ1) is 8.19. The van der Waals surface area contributed by atoms with Gasteiger partial charge in [0.15, 0.2) is 5.78 Å². The summed E-state index contributed by atoms with van der Waals surface area (Å²) in [5.74, 6) is 0.156. The van der Waals surface area contributed by atoms with Crippen LogP contribution < -0.4 is 4.90 Å². The second-order valence-corrected chi connectivity index (χ2v) is 5.67. The summed E-state index contributed by atoms with van der Waals surface area (Å²) >= 11 is 0. The number of nitrogens with zero attached hydrogens (tertiary/aromatic N) is 1. The van der Waals surface area contributed by atoms with Crippen LogP contribution in [-0.2, 0) is 0 Å². The number of anilines is 1. The number of carbonyl (C=O) groups is 1. The fourth-order valence-corrected chi connectivity index (χ4v) is 3.31. The van der Waals surface area contributed by atoms with Crippen LogP contribution in [0.2, 0.25) is 0 Å². The number of ketones is 1. The molecule has 1 aromatic carbocycles. The van der Waals surface area contributed by atoms with Gasteiger partial charge in [-0.15, -0.1) is 0 Å². The Balaban J connectivity index is 1.74. The summed E-state index contributed by atoms with van der Waals surface area (Å²) in [7, 11) is 0. The van der Waals surface area contributed by atoms with E-state index < -0.39 is 0 Å². The van der Waals surface area contributed by atoms with Crippen LogP contribution in [-0.4, -0.2) is 18.9 Å². The molecule has 0 radical (unpaired) electrons. The molecular formula is C15H19NO. The molecule has 3 rings (SSSR count). The minimum absolute atomic E-state index is 0.156. The van der Waals surface area contributed by atoms with Crippen LogP contribution in [0.15, 0.2) is 24.3 Å². The van der Waals surface area contributed by atoms with Gasteiger partial charge >= 0.3 is 0 Å². The predicted octanol–water partition coefficient (Wildman–Crippen LogP) is 3.27. The normalized spacial score (nSPS) is 21.6. The first-order valence-corrected chi connectivity index (χ1v) is 6.55. The molecule has 1 aliphatic heterocycles. The number of rotatable bonds is 2. The van der Waals surface area contributed by atoms with Crippen LogP contribution in [0.1, 0.15) is 43.0 Å². The van der Waals surface area contributed by atoms with E-state index in [-0.39, 0.29) is 5.78 Å². The molecule has 1 saturated heterocycles. The third-order valence-corrected chi connectivity index (χ3v) is 4.33. The number of Topliss-reactive ketones (excluding diaryl/α,β-unsaturated/α-hetero) is 1. The molecule has 1 spiro atoms. The number of carbonyl (C=O) groups excluding carboxylic acids is 1. The third kappa shape index (κ3) is 1.86. The van der Waals surface area contributed by atoms with Crippen molar-refractivity contribution < 1.29 is 4.79 Å². The molecular weight excluding hydrogens is 210 g/mol. The number of hydrogen-bond acceptors (Lipinski definition) is 2. The highest BCUT2D eigenvalue weighted by atomic mass is 16.1. The van der Waals surface area contributed by atoms with E-state index in [4.69, 9.17) is 0 Å². The van der Waals surface area contributed by atoms with Crippen molar-refractivity contribution in [3.05, 3.63) is 29.8 Å². The van der Waals surface area contributed by atoms with Gasteiger partial charge in [-0.3, -0.25) is 4.79 Å². The van der Waals surface area contributed by atoms with Crippen LogP contribution in [0.5, 0.6) is 0 Å². The molecule has 0 unspecified atom stereocenters. The van der Waals surface area contributed by atoms with Gasteiger partial charge in [0.2, 0.25) is 0 Å². The van der Waals surface area contributed by atoms with Crippen LogP contribution in [0.4, 0.5) is 5.69 Å². The first kappa shape index (κ1) is 10.8. The van der Waals surface area contributed by atoms with Gasteiger partial charge in [0.1, 0.15) is 0 Å². The van der Waals surface area contributed by atoms with E-state index in [1.165, 1.54) is 44.5 Å². The minimum Gasteiger partial charge on any atom is -0.370 e. The van der Waals surface area contributed by atoms with Crippen LogP contribution in [0.25, 0.3) is 0 Å². The van der Waals surface area contributed by atoms with Crippen molar-refractivity contribution in [2.75, 3.05) is 18.0 Å². The van der Waals surface area contributed by atoms with E-state index in [9.17, 15) is 4.79 Å². The Morgan fingerprint density at radius 2 is 1.94 bits per heavy atom. The highest BCUT2D eigenvalue weighted by Crippen LogP contribution is 2.46. The average Bonchev–Trinajstić information content (AvgIpc) is 2.76. The molecule has 1 saturated carbocycles. The summed E-state index contributed by atoms with van der Waals surface area (Å²) in [5, 5.41) is 0. The molecule has 17 heavy (non-hydrogen) atoms. The molecule has 0 amide bonds. The summed E-state index contributed by atoms with van der Waals surface area (Å²) in [6, 6.07) is 8.04. The Morgan fingerprint density at radius 3 is 2.59 bits per heavy atom. The molecule has 2 fully saturated rings. The molecule has 2 heteroatoms. The van der Waals surface area contributed by atoms with Gasteiger partial charge < -0.3 is 4.90 Å². The van der Waals surface area contributed by atoms with Gasteiger partial charge in [0, 0.05) is 29.8 Å².